The van der Waals surface area contributed by atoms with Crippen LogP contribution in [0.1, 0.15) is 9.67 Å². The number of carbonyl (C=O) groups is 1. The fourth-order valence-electron chi connectivity index (χ4n) is 1.05. The van der Waals surface area contributed by atoms with E-state index >= 15 is 0 Å². The van der Waals surface area contributed by atoms with Gasteiger partial charge in [0.1, 0.15) is 0 Å². The Labute approximate surface area is 108 Å². The third kappa shape index (κ3) is 4.12. The molecule has 1 atom stereocenters. The molecule has 0 amide bonds. The molecule has 8 heteroatoms. The number of nitrogens with zero attached hydrogens (tertiary/aromatic N) is 1. The van der Waals surface area contributed by atoms with Crippen molar-refractivity contribution in [2.45, 2.75) is 6.10 Å². The number of halogens is 1. The van der Waals surface area contributed by atoms with E-state index in [0.29, 0.717) is 5.13 Å². The van der Waals surface area contributed by atoms with Gasteiger partial charge in [-0.1, -0.05) is 22.9 Å². The highest BCUT2D eigenvalue weighted by Crippen LogP contribution is 2.27. The second-order valence-electron chi connectivity index (χ2n) is 3.12. The van der Waals surface area contributed by atoms with Crippen LogP contribution in [0.15, 0.2) is 0 Å². The number of ether oxygens (including phenoxy) is 2. The van der Waals surface area contributed by atoms with Gasteiger partial charge in [0.2, 0.25) is 0 Å². The van der Waals surface area contributed by atoms with Gasteiger partial charge < -0.3 is 19.9 Å². The molecule has 96 valence electrons. The summed E-state index contributed by atoms with van der Waals surface area (Å²) in [6, 6.07) is 0. The average molecular weight is 281 g/mol. The van der Waals surface area contributed by atoms with Crippen LogP contribution in [0.2, 0.25) is 5.15 Å². The molecule has 1 rings (SSSR count). The summed E-state index contributed by atoms with van der Waals surface area (Å²) in [6.45, 7) is 0.480. The SMILES string of the molecule is COCC(O)CNc1nc(Cl)c(C(=O)OC)s1. The Balaban J connectivity index is 2.58. The Hall–Kier alpha value is -0.890. The Morgan fingerprint density at radius 1 is 1.65 bits per heavy atom. The molecule has 1 aromatic rings. The van der Waals surface area contributed by atoms with Crippen molar-refractivity contribution in [1.29, 1.82) is 0 Å². The molecule has 2 N–H and O–H groups in total. The van der Waals surface area contributed by atoms with E-state index < -0.39 is 12.1 Å². The summed E-state index contributed by atoms with van der Waals surface area (Å²) >= 11 is 6.84. The fraction of sp³-hybridized carbons (Fsp3) is 0.556. The van der Waals surface area contributed by atoms with E-state index in [1.54, 1.807) is 0 Å². The lowest BCUT2D eigenvalue weighted by Gasteiger charge is -2.09. The number of aromatic nitrogens is 1. The Morgan fingerprint density at radius 2 is 2.35 bits per heavy atom. The molecule has 0 aromatic carbocycles. The van der Waals surface area contributed by atoms with Crippen molar-refractivity contribution in [1.82, 2.24) is 4.98 Å². The highest BCUT2D eigenvalue weighted by molar-refractivity contribution is 7.18. The van der Waals surface area contributed by atoms with E-state index in [0.717, 1.165) is 11.3 Å². The summed E-state index contributed by atoms with van der Waals surface area (Å²) in [6.07, 6.45) is -0.649. The van der Waals surface area contributed by atoms with Gasteiger partial charge in [-0.2, -0.15) is 0 Å². The van der Waals surface area contributed by atoms with Crippen LogP contribution in [0, 0.1) is 0 Å². The first-order valence-corrected chi connectivity index (χ1v) is 5.93. The van der Waals surface area contributed by atoms with Crippen LogP contribution in [0.5, 0.6) is 0 Å². The number of esters is 1. The van der Waals surface area contributed by atoms with Crippen molar-refractivity contribution in [2.24, 2.45) is 0 Å². The highest BCUT2D eigenvalue weighted by Gasteiger charge is 2.17. The maximum Gasteiger partial charge on any atom is 0.351 e. The minimum atomic E-state index is -0.649. The predicted molar refractivity (Wildman–Crippen MR) is 64.8 cm³/mol. The summed E-state index contributed by atoms with van der Waals surface area (Å²) in [4.78, 5) is 15.4. The second-order valence-corrected chi connectivity index (χ2v) is 4.48. The largest absolute Gasteiger partial charge is 0.465 e. The number of nitrogens with one attached hydrogen (secondary N) is 1. The lowest BCUT2D eigenvalue weighted by atomic mass is 10.4. The van der Waals surface area contributed by atoms with Crippen LogP contribution in [0.4, 0.5) is 5.13 Å². The molecule has 0 aliphatic heterocycles. The van der Waals surface area contributed by atoms with Gasteiger partial charge in [0.15, 0.2) is 15.2 Å². The van der Waals surface area contributed by atoms with Crippen LogP contribution < -0.4 is 5.32 Å². The van der Waals surface area contributed by atoms with E-state index in [9.17, 15) is 9.90 Å². The molecule has 0 aliphatic rings. The van der Waals surface area contributed by atoms with E-state index in [-0.39, 0.29) is 23.2 Å². The van der Waals surface area contributed by atoms with Gasteiger partial charge in [-0.15, -0.1) is 0 Å². The monoisotopic (exact) mass is 280 g/mol. The molecule has 1 heterocycles. The quantitative estimate of drug-likeness (QED) is 0.757. The molecule has 0 spiro atoms. The normalized spacial score (nSPS) is 12.2. The van der Waals surface area contributed by atoms with Crippen molar-refractivity contribution < 1.29 is 19.4 Å². The van der Waals surface area contributed by atoms with Gasteiger partial charge in [0, 0.05) is 13.7 Å². The average Bonchev–Trinajstić information content (AvgIpc) is 2.67. The number of anilines is 1. The fourth-order valence-corrected chi connectivity index (χ4v) is 2.16. The zero-order valence-corrected chi connectivity index (χ0v) is 11.0. The van der Waals surface area contributed by atoms with Crippen LogP contribution in [0.25, 0.3) is 0 Å². The summed E-state index contributed by atoms with van der Waals surface area (Å²) in [5.74, 6) is -0.530. The van der Waals surface area contributed by atoms with Crippen LogP contribution >= 0.6 is 22.9 Å². The summed E-state index contributed by atoms with van der Waals surface area (Å²) in [5.41, 5.74) is 0. The number of hydrogen-bond donors (Lipinski definition) is 2. The lowest BCUT2D eigenvalue weighted by Crippen LogP contribution is -2.24. The molecule has 0 saturated carbocycles. The molecule has 0 saturated heterocycles. The first-order chi connectivity index (χ1) is 8.08. The van der Waals surface area contributed by atoms with Crippen LogP contribution in [0.3, 0.4) is 0 Å². The number of thiazole rings is 1. The molecule has 0 radical (unpaired) electrons. The minimum Gasteiger partial charge on any atom is -0.465 e. The number of carbonyl (C=O) groups excluding carboxylic acids is 1. The third-order valence-electron chi connectivity index (χ3n) is 1.80. The smallest absolute Gasteiger partial charge is 0.351 e. The van der Waals surface area contributed by atoms with Crippen molar-refractivity contribution >= 4 is 34.0 Å². The Morgan fingerprint density at radius 3 is 2.94 bits per heavy atom. The van der Waals surface area contributed by atoms with Gasteiger partial charge in [-0.3, -0.25) is 0 Å². The first-order valence-electron chi connectivity index (χ1n) is 4.74. The predicted octanol–water partition coefficient (Wildman–Crippen LogP) is 1.00. The topological polar surface area (TPSA) is 80.7 Å². The molecule has 1 aromatic heterocycles. The van der Waals surface area contributed by atoms with Gasteiger partial charge >= 0.3 is 5.97 Å². The Bertz CT molecular complexity index is 385. The van der Waals surface area contributed by atoms with Crippen LogP contribution in [-0.4, -0.2) is 49.5 Å². The van der Waals surface area contributed by atoms with Crippen molar-refractivity contribution in [2.75, 3.05) is 32.7 Å². The number of methoxy groups -OCH3 is 2. The molecular formula is C9H13ClN2O4S. The third-order valence-corrected chi connectivity index (χ3v) is 3.18. The Kier molecular flexibility index (Phi) is 5.63. The molecular weight excluding hydrogens is 268 g/mol. The molecule has 0 fully saturated rings. The lowest BCUT2D eigenvalue weighted by molar-refractivity contribution is 0.0606. The molecule has 0 bridgehead atoms. The van der Waals surface area contributed by atoms with E-state index in [2.05, 4.69) is 15.0 Å². The highest BCUT2D eigenvalue weighted by atomic mass is 35.5. The van der Waals surface area contributed by atoms with Gasteiger partial charge in [-0.05, 0) is 0 Å². The molecule has 6 nitrogen and oxygen atoms in total. The number of aliphatic hydroxyl groups excluding tert-OH is 1. The molecule has 17 heavy (non-hydrogen) atoms. The number of aliphatic hydroxyl groups is 1. The maximum absolute atomic E-state index is 11.3. The maximum atomic E-state index is 11.3. The number of rotatable bonds is 6. The summed E-state index contributed by atoms with van der Waals surface area (Å²) in [5, 5.41) is 12.8. The number of hydrogen-bond acceptors (Lipinski definition) is 7. The van der Waals surface area contributed by atoms with E-state index in [4.69, 9.17) is 16.3 Å². The van der Waals surface area contributed by atoms with Crippen molar-refractivity contribution in [3.05, 3.63) is 10.0 Å². The van der Waals surface area contributed by atoms with E-state index in [1.165, 1.54) is 14.2 Å². The zero-order chi connectivity index (χ0) is 12.8. The van der Waals surface area contributed by atoms with Gasteiger partial charge in [0.05, 0.1) is 19.8 Å². The summed E-state index contributed by atoms with van der Waals surface area (Å²) in [7, 11) is 2.77. The van der Waals surface area contributed by atoms with Gasteiger partial charge in [-0.25, -0.2) is 9.78 Å². The minimum absolute atomic E-state index is 0.0885. The van der Waals surface area contributed by atoms with Crippen LogP contribution in [-0.2, 0) is 9.47 Å². The summed E-state index contributed by atoms with van der Waals surface area (Å²) < 4.78 is 9.31. The van der Waals surface area contributed by atoms with Gasteiger partial charge in [0.25, 0.3) is 0 Å². The molecule has 0 aliphatic carbocycles. The van der Waals surface area contributed by atoms with E-state index in [1.807, 2.05) is 0 Å². The zero-order valence-electron chi connectivity index (χ0n) is 9.40. The first kappa shape index (κ1) is 14.2. The standard InChI is InChI=1S/C9H13ClN2O4S/c1-15-4-5(13)3-11-9-12-7(10)6(17-9)8(14)16-2/h5,13H,3-4H2,1-2H3,(H,11,12). The molecule has 1 unspecified atom stereocenters. The van der Waals surface area contributed by atoms with Crippen molar-refractivity contribution in [3.8, 4) is 0 Å². The second kappa shape index (κ2) is 6.75. The van der Waals surface area contributed by atoms with Crippen molar-refractivity contribution in [3.63, 3.8) is 0 Å².